The van der Waals surface area contributed by atoms with E-state index in [9.17, 15) is 0 Å². The molecule has 4 N–H and O–H groups in total. The molecule has 104 valence electrons. The summed E-state index contributed by atoms with van der Waals surface area (Å²) in [6.07, 6.45) is 6.85. The van der Waals surface area contributed by atoms with E-state index in [1.807, 2.05) is 12.1 Å². The quantitative estimate of drug-likeness (QED) is 0.664. The van der Waals surface area contributed by atoms with Gasteiger partial charge < -0.3 is 11.1 Å². The first kappa shape index (κ1) is 13.7. The maximum atomic E-state index is 6.07. The van der Waals surface area contributed by atoms with Gasteiger partial charge in [0.25, 0.3) is 0 Å². The molecule has 0 spiro atoms. The number of rotatable bonds is 7. The normalized spacial score (nSPS) is 12.7. The van der Waals surface area contributed by atoms with Crippen molar-refractivity contribution in [3.05, 3.63) is 18.3 Å². The maximum absolute atomic E-state index is 6.07. The Hall–Kier alpha value is -1.71. The highest BCUT2D eigenvalue weighted by molar-refractivity contribution is 5.88. The summed E-state index contributed by atoms with van der Waals surface area (Å²) < 4.78 is 0. The van der Waals surface area contributed by atoms with Crippen LogP contribution in [0.3, 0.4) is 0 Å². The van der Waals surface area contributed by atoms with Gasteiger partial charge in [-0.2, -0.15) is 5.10 Å². The number of hydrogen-bond donors (Lipinski definition) is 3. The standard InChI is InChI=1S/C15H24N4/c1-3-5-6-11(4-2)9-17-15-8-14-12(7-13(15)16)10-18-19-14/h7-8,10-11,17H,3-6,9,16H2,1-2H3,(H,18,19). The molecule has 19 heavy (non-hydrogen) atoms. The van der Waals surface area contributed by atoms with Crippen LogP contribution in [0.1, 0.15) is 39.5 Å². The molecule has 4 heteroatoms. The fourth-order valence-electron chi connectivity index (χ4n) is 2.36. The summed E-state index contributed by atoms with van der Waals surface area (Å²) in [6, 6.07) is 4.01. The van der Waals surface area contributed by atoms with Crippen LogP contribution in [0, 0.1) is 5.92 Å². The van der Waals surface area contributed by atoms with Gasteiger partial charge in [-0.3, -0.25) is 5.10 Å². The molecule has 0 bridgehead atoms. The molecule has 2 aromatic rings. The number of H-pyrrole nitrogens is 1. The Labute approximate surface area is 114 Å². The Morgan fingerprint density at radius 1 is 1.37 bits per heavy atom. The Morgan fingerprint density at radius 3 is 2.95 bits per heavy atom. The number of nitrogens with two attached hydrogens (primary N) is 1. The highest BCUT2D eigenvalue weighted by Gasteiger charge is 2.08. The summed E-state index contributed by atoms with van der Waals surface area (Å²) in [5.41, 5.74) is 8.89. The van der Waals surface area contributed by atoms with E-state index >= 15 is 0 Å². The van der Waals surface area contributed by atoms with E-state index in [1.54, 1.807) is 6.20 Å². The second kappa shape index (κ2) is 6.45. The molecule has 0 radical (unpaired) electrons. The number of unbranched alkanes of at least 4 members (excludes halogenated alkanes) is 1. The number of aromatic nitrogens is 2. The van der Waals surface area contributed by atoms with Crippen LogP contribution in [0.4, 0.5) is 11.4 Å². The van der Waals surface area contributed by atoms with E-state index in [4.69, 9.17) is 5.73 Å². The summed E-state index contributed by atoms with van der Waals surface area (Å²) in [7, 11) is 0. The summed E-state index contributed by atoms with van der Waals surface area (Å²) in [5.74, 6) is 0.719. The third-order valence-electron chi connectivity index (χ3n) is 3.73. The van der Waals surface area contributed by atoms with Crippen molar-refractivity contribution < 1.29 is 0 Å². The van der Waals surface area contributed by atoms with E-state index in [2.05, 4.69) is 29.4 Å². The zero-order valence-corrected chi connectivity index (χ0v) is 11.9. The maximum Gasteiger partial charge on any atom is 0.0672 e. The molecule has 0 aliphatic heterocycles. The Morgan fingerprint density at radius 2 is 2.21 bits per heavy atom. The lowest BCUT2D eigenvalue weighted by atomic mass is 9.99. The van der Waals surface area contributed by atoms with Crippen LogP contribution in [0.5, 0.6) is 0 Å². The average Bonchev–Trinajstić information content (AvgIpc) is 2.86. The van der Waals surface area contributed by atoms with Crippen molar-refractivity contribution in [1.82, 2.24) is 10.2 Å². The monoisotopic (exact) mass is 260 g/mol. The predicted octanol–water partition coefficient (Wildman–Crippen LogP) is 3.77. The molecule has 0 saturated heterocycles. The molecule has 1 aromatic heterocycles. The van der Waals surface area contributed by atoms with Crippen LogP contribution in [0.2, 0.25) is 0 Å². The van der Waals surface area contributed by atoms with Gasteiger partial charge in [-0.1, -0.05) is 33.1 Å². The average molecular weight is 260 g/mol. The Bertz CT molecular complexity index is 518. The smallest absolute Gasteiger partial charge is 0.0672 e. The highest BCUT2D eigenvalue weighted by Crippen LogP contribution is 2.25. The van der Waals surface area contributed by atoms with Crippen molar-refractivity contribution in [3.63, 3.8) is 0 Å². The predicted molar refractivity (Wildman–Crippen MR) is 82.3 cm³/mol. The van der Waals surface area contributed by atoms with Gasteiger partial charge in [-0.25, -0.2) is 0 Å². The lowest BCUT2D eigenvalue weighted by Crippen LogP contribution is -2.14. The van der Waals surface area contributed by atoms with E-state index < -0.39 is 0 Å². The highest BCUT2D eigenvalue weighted by atomic mass is 15.1. The number of nitrogens with zero attached hydrogens (tertiary/aromatic N) is 1. The van der Waals surface area contributed by atoms with Gasteiger partial charge >= 0.3 is 0 Å². The minimum atomic E-state index is 0.719. The van der Waals surface area contributed by atoms with Crippen LogP contribution in [0.15, 0.2) is 18.3 Å². The molecule has 0 aliphatic rings. The molecule has 1 aromatic carbocycles. The van der Waals surface area contributed by atoms with Gasteiger partial charge in [0.15, 0.2) is 0 Å². The molecule has 0 saturated carbocycles. The molecule has 1 atom stereocenters. The molecular formula is C15H24N4. The molecule has 1 heterocycles. The van der Waals surface area contributed by atoms with Gasteiger partial charge in [-0.15, -0.1) is 0 Å². The van der Waals surface area contributed by atoms with Crippen molar-refractivity contribution in [2.24, 2.45) is 5.92 Å². The minimum Gasteiger partial charge on any atom is -0.397 e. The largest absolute Gasteiger partial charge is 0.397 e. The molecule has 2 rings (SSSR count). The molecule has 0 amide bonds. The number of nitrogen functional groups attached to an aromatic ring is 1. The van der Waals surface area contributed by atoms with Gasteiger partial charge in [0.05, 0.1) is 23.1 Å². The number of nitrogens with one attached hydrogen (secondary N) is 2. The minimum absolute atomic E-state index is 0.719. The first-order valence-electron chi connectivity index (χ1n) is 7.21. The Balaban J connectivity index is 2.01. The summed E-state index contributed by atoms with van der Waals surface area (Å²) >= 11 is 0. The van der Waals surface area contributed by atoms with E-state index in [-0.39, 0.29) is 0 Å². The fourth-order valence-corrected chi connectivity index (χ4v) is 2.36. The van der Waals surface area contributed by atoms with Gasteiger partial charge in [0.2, 0.25) is 0 Å². The van der Waals surface area contributed by atoms with Crippen LogP contribution in [-0.2, 0) is 0 Å². The van der Waals surface area contributed by atoms with E-state index in [0.29, 0.717) is 0 Å². The fraction of sp³-hybridized carbons (Fsp3) is 0.533. The van der Waals surface area contributed by atoms with E-state index in [0.717, 1.165) is 34.7 Å². The summed E-state index contributed by atoms with van der Waals surface area (Å²) in [6.45, 7) is 5.48. The van der Waals surface area contributed by atoms with Crippen LogP contribution >= 0.6 is 0 Å². The number of hydrogen-bond acceptors (Lipinski definition) is 3. The van der Waals surface area contributed by atoms with Crippen molar-refractivity contribution >= 4 is 22.3 Å². The molecule has 1 unspecified atom stereocenters. The zero-order chi connectivity index (χ0) is 13.7. The van der Waals surface area contributed by atoms with Gasteiger partial charge in [0, 0.05) is 11.9 Å². The summed E-state index contributed by atoms with van der Waals surface area (Å²) in [5, 5.41) is 11.5. The van der Waals surface area contributed by atoms with Crippen LogP contribution in [0.25, 0.3) is 10.9 Å². The van der Waals surface area contributed by atoms with Crippen molar-refractivity contribution in [2.75, 3.05) is 17.6 Å². The van der Waals surface area contributed by atoms with Gasteiger partial charge in [0.1, 0.15) is 0 Å². The SMILES string of the molecule is CCCCC(CC)CNc1cc2[nH]ncc2cc1N. The lowest BCUT2D eigenvalue weighted by Gasteiger charge is -2.17. The zero-order valence-electron chi connectivity index (χ0n) is 11.9. The lowest BCUT2D eigenvalue weighted by molar-refractivity contribution is 0.473. The third kappa shape index (κ3) is 3.40. The molecule has 0 fully saturated rings. The van der Waals surface area contributed by atoms with Crippen LogP contribution in [-0.4, -0.2) is 16.7 Å². The topological polar surface area (TPSA) is 66.7 Å². The molecular weight excluding hydrogens is 236 g/mol. The first-order valence-corrected chi connectivity index (χ1v) is 7.21. The summed E-state index contributed by atoms with van der Waals surface area (Å²) in [4.78, 5) is 0. The number of anilines is 2. The molecule has 4 nitrogen and oxygen atoms in total. The van der Waals surface area contributed by atoms with E-state index in [1.165, 1.54) is 25.7 Å². The molecule has 0 aliphatic carbocycles. The van der Waals surface area contributed by atoms with Crippen molar-refractivity contribution in [3.8, 4) is 0 Å². The number of aromatic amines is 1. The Kier molecular flexibility index (Phi) is 4.66. The third-order valence-corrected chi connectivity index (χ3v) is 3.73. The van der Waals surface area contributed by atoms with Crippen molar-refractivity contribution in [1.29, 1.82) is 0 Å². The second-order valence-corrected chi connectivity index (χ2v) is 5.19. The van der Waals surface area contributed by atoms with Gasteiger partial charge in [-0.05, 0) is 24.5 Å². The second-order valence-electron chi connectivity index (χ2n) is 5.19. The van der Waals surface area contributed by atoms with Crippen LogP contribution < -0.4 is 11.1 Å². The van der Waals surface area contributed by atoms with Crippen molar-refractivity contribution in [2.45, 2.75) is 39.5 Å². The first-order chi connectivity index (χ1) is 9.24. The number of fused-ring (bicyclic) bond motifs is 1. The number of benzene rings is 1.